The second-order valence-electron chi connectivity index (χ2n) is 6.39. The molecule has 0 saturated carbocycles. The summed E-state index contributed by atoms with van der Waals surface area (Å²) >= 11 is 3.84. The molecule has 0 saturated heterocycles. The highest BCUT2D eigenvalue weighted by Crippen LogP contribution is 2.45. The van der Waals surface area contributed by atoms with Crippen LogP contribution in [0.4, 0.5) is 0 Å². The summed E-state index contributed by atoms with van der Waals surface area (Å²) in [6.07, 6.45) is 0. The average molecular weight is 375 g/mol. The zero-order chi connectivity index (χ0) is 17.3. The molecular weight excluding hydrogens is 356 g/mol. The number of hydrogen-bond donors (Lipinski definition) is 0. The first-order chi connectivity index (χ1) is 12.9. The zero-order valence-electron chi connectivity index (χ0n) is 14.2. The van der Waals surface area contributed by atoms with E-state index in [9.17, 15) is 0 Å². The monoisotopic (exact) mass is 374 g/mol. The first-order valence-corrected chi connectivity index (χ1v) is 10.6. The van der Waals surface area contributed by atoms with Gasteiger partial charge in [-0.25, -0.2) is 4.98 Å². The summed E-state index contributed by atoms with van der Waals surface area (Å²) in [5, 5.41) is 1.58. The predicted octanol–water partition coefficient (Wildman–Crippen LogP) is 5.89. The Balaban J connectivity index is 1.65. The molecule has 2 heterocycles. The minimum Gasteiger partial charge on any atom is -0.310 e. The Labute approximate surface area is 161 Å². The Hall–Kier alpha value is -2.17. The van der Waals surface area contributed by atoms with Crippen molar-refractivity contribution in [3.63, 3.8) is 0 Å². The van der Waals surface area contributed by atoms with E-state index in [1.807, 2.05) is 23.5 Å². The van der Waals surface area contributed by atoms with Crippen LogP contribution in [0.5, 0.6) is 0 Å². The highest BCUT2D eigenvalue weighted by molar-refractivity contribution is 8.03. The summed E-state index contributed by atoms with van der Waals surface area (Å²) in [5.41, 5.74) is 3.66. The van der Waals surface area contributed by atoms with E-state index in [0.717, 1.165) is 16.4 Å². The molecule has 0 fully saturated rings. The van der Waals surface area contributed by atoms with Crippen molar-refractivity contribution < 1.29 is 0 Å². The average Bonchev–Trinajstić information content (AvgIpc) is 3.08. The highest BCUT2D eigenvalue weighted by atomic mass is 32.2. The molecule has 3 aromatic carbocycles. The van der Waals surface area contributed by atoms with Gasteiger partial charge in [0.2, 0.25) is 0 Å². The van der Waals surface area contributed by atoms with E-state index in [-0.39, 0.29) is 6.04 Å². The number of aromatic nitrogens is 2. The summed E-state index contributed by atoms with van der Waals surface area (Å²) in [6.45, 7) is 0. The smallest absolute Gasteiger partial charge is 0.169 e. The number of imidazole rings is 1. The van der Waals surface area contributed by atoms with E-state index in [1.54, 1.807) is 0 Å². The highest BCUT2D eigenvalue weighted by Gasteiger charge is 2.34. The number of rotatable bonds is 3. The normalized spacial score (nSPS) is 19.4. The van der Waals surface area contributed by atoms with Crippen molar-refractivity contribution in [2.24, 2.45) is 0 Å². The van der Waals surface area contributed by atoms with Crippen molar-refractivity contribution in [2.45, 2.75) is 21.3 Å². The van der Waals surface area contributed by atoms with Crippen molar-refractivity contribution in [3.8, 4) is 0 Å². The Morgan fingerprint density at radius 3 is 2.35 bits per heavy atom. The molecule has 4 heteroatoms. The van der Waals surface area contributed by atoms with Gasteiger partial charge < -0.3 is 4.57 Å². The second kappa shape index (κ2) is 6.86. The van der Waals surface area contributed by atoms with Gasteiger partial charge in [0, 0.05) is 15.9 Å². The molecule has 5 rings (SSSR count). The fourth-order valence-electron chi connectivity index (χ4n) is 3.59. The summed E-state index contributed by atoms with van der Waals surface area (Å²) in [5.74, 6) is 1.06. The van der Waals surface area contributed by atoms with Crippen LogP contribution < -0.4 is 0 Å². The molecule has 1 aromatic heterocycles. The van der Waals surface area contributed by atoms with E-state index < -0.39 is 0 Å². The third-order valence-corrected chi connectivity index (χ3v) is 7.30. The molecule has 0 N–H and O–H groups in total. The number of benzene rings is 3. The van der Waals surface area contributed by atoms with Crippen molar-refractivity contribution in [1.29, 1.82) is 0 Å². The maximum Gasteiger partial charge on any atom is 0.169 e. The molecule has 0 bridgehead atoms. The molecule has 0 radical (unpaired) electrons. The zero-order valence-corrected chi connectivity index (χ0v) is 15.8. The lowest BCUT2D eigenvalue weighted by molar-refractivity contribution is 0.539. The third-order valence-electron chi connectivity index (χ3n) is 4.74. The quantitative estimate of drug-likeness (QED) is 0.445. The largest absolute Gasteiger partial charge is 0.310 e. The first kappa shape index (κ1) is 16.0. The fourth-order valence-corrected chi connectivity index (χ4v) is 6.15. The number of para-hydroxylation sites is 2. The van der Waals surface area contributed by atoms with Gasteiger partial charge in [-0.3, -0.25) is 0 Å². The lowest BCUT2D eigenvalue weighted by Gasteiger charge is -2.33. The van der Waals surface area contributed by atoms with Crippen LogP contribution in [0.15, 0.2) is 95.0 Å². The third kappa shape index (κ3) is 2.83. The van der Waals surface area contributed by atoms with Gasteiger partial charge in [0.25, 0.3) is 0 Å². The van der Waals surface area contributed by atoms with Gasteiger partial charge in [0.05, 0.1) is 17.1 Å². The van der Waals surface area contributed by atoms with Crippen molar-refractivity contribution in [3.05, 3.63) is 90.5 Å². The van der Waals surface area contributed by atoms with E-state index >= 15 is 0 Å². The molecular formula is C22H18N2S2. The number of hydrogen-bond acceptors (Lipinski definition) is 3. The van der Waals surface area contributed by atoms with Gasteiger partial charge >= 0.3 is 0 Å². The Bertz CT molecular complexity index is 1030. The summed E-state index contributed by atoms with van der Waals surface area (Å²) in [7, 11) is 0. The molecule has 0 amide bonds. The molecule has 0 spiro atoms. The van der Waals surface area contributed by atoms with Crippen LogP contribution >= 0.6 is 23.5 Å². The van der Waals surface area contributed by atoms with Gasteiger partial charge in [-0.05, 0) is 29.8 Å². The van der Waals surface area contributed by atoms with Crippen molar-refractivity contribution in [1.82, 2.24) is 9.55 Å². The molecule has 4 aromatic rings. The van der Waals surface area contributed by atoms with E-state index in [4.69, 9.17) is 4.98 Å². The van der Waals surface area contributed by atoms with Gasteiger partial charge in [0.1, 0.15) is 0 Å². The summed E-state index contributed by atoms with van der Waals surface area (Å²) in [6, 6.07) is 30.4. The van der Waals surface area contributed by atoms with E-state index in [2.05, 4.69) is 89.5 Å². The summed E-state index contributed by atoms with van der Waals surface area (Å²) < 4.78 is 2.44. The maximum atomic E-state index is 4.89. The fraction of sp³-hybridized carbons (Fsp3) is 0.136. The molecule has 2 atom stereocenters. The first-order valence-electron chi connectivity index (χ1n) is 8.76. The lowest BCUT2D eigenvalue weighted by atomic mass is 10.0. The van der Waals surface area contributed by atoms with Crippen LogP contribution in [0.2, 0.25) is 0 Å². The van der Waals surface area contributed by atoms with Crippen LogP contribution in [-0.4, -0.2) is 20.6 Å². The minimum atomic E-state index is 0.282. The van der Waals surface area contributed by atoms with Gasteiger partial charge in [-0.2, -0.15) is 0 Å². The molecule has 0 aliphatic carbocycles. The van der Waals surface area contributed by atoms with Gasteiger partial charge in [0.15, 0.2) is 5.16 Å². The topological polar surface area (TPSA) is 17.8 Å². The van der Waals surface area contributed by atoms with E-state index in [0.29, 0.717) is 5.25 Å². The molecule has 0 unspecified atom stereocenters. The standard InChI is InChI=1S/C22H18N2S2/c1-3-9-16(10-4-1)21-20(26-17-11-5-2-6-12-17)15-25-22-23-18-13-7-8-14-19(18)24(21)22/h1-14,20-21H,15H2/t20-,21-/m0/s1. The van der Waals surface area contributed by atoms with E-state index in [1.165, 1.54) is 16.0 Å². The Kier molecular flexibility index (Phi) is 4.23. The van der Waals surface area contributed by atoms with Crippen LogP contribution in [0.1, 0.15) is 11.6 Å². The van der Waals surface area contributed by atoms with Crippen LogP contribution in [0.25, 0.3) is 11.0 Å². The number of nitrogens with zero attached hydrogens (tertiary/aromatic N) is 2. The predicted molar refractivity (Wildman–Crippen MR) is 111 cm³/mol. The van der Waals surface area contributed by atoms with Crippen LogP contribution in [0, 0.1) is 0 Å². The molecule has 1 aliphatic rings. The van der Waals surface area contributed by atoms with Crippen LogP contribution in [-0.2, 0) is 0 Å². The maximum absolute atomic E-state index is 4.89. The van der Waals surface area contributed by atoms with Crippen molar-refractivity contribution in [2.75, 3.05) is 5.75 Å². The number of thioether (sulfide) groups is 2. The minimum absolute atomic E-state index is 0.282. The molecule has 1 aliphatic heterocycles. The summed E-state index contributed by atoms with van der Waals surface area (Å²) in [4.78, 5) is 6.21. The molecule has 26 heavy (non-hydrogen) atoms. The molecule has 2 nitrogen and oxygen atoms in total. The van der Waals surface area contributed by atoms with Crippen molar-refractivity contribution >= 4 is 34.6 Å². The Morgan fingerprint density at radius 2 is 1.54 bits per heavy atom. The van der Waals surface area contributed by atoms with Crippen LogP contribution in [0.3, 0.4) is 0 Å². The lowest BCUT2D eigenvalue weighted by Crippen LogP contribution is -2.29. The molecule has 128 valence electrons. The van der Waals surface area contributed by atoms with Gasteiger partial charge in [-0.15, -0.1) is 11.8 Å². The number of fused-ring (bicyclic) bond motifs is 3. The SMILES string of the molecule is c1ccc(S[C@H]2CSc3nc4ccccc4n3[C@H]2c2ccccc2)cc1. The second-order valence-corrected chi connectivity index (χ2v) is 8.69. The Morgan fingerprint density at radius 1 is 0.846 bits per heavy atom. The van der Waals surface area contributed by atoms with Gasteiger partial charge in [-0.1, -0.05) is 72.4 Å².